The quantitative estimate of drug-likeness (QED) is 0.769. The first-order valence-corrected chi connectivity index (χ1v) is 8.88. The number of rotatable bonds is 6. The fraction of sp³-hybridized carbons (Fsp3) is 0.571. The zero-order valence-corrected chi connectivity index (χ0v) is 13.5. The van der Waals surface area contributed by atoms with Gasteiger partial charge in [-0.3, -0.25) is 0 Å². The lowest BCUT2D eigenvalue weighted by Crippen LogP contribution is -2.47. The van der Waals surface area contributed by atoms with Crippen LogP contribution in [0.25, 0.3) is 0 Å². The number of ether oxygens (including phenoxy) is 1. The molecule has 1 aromatic carbocycles. The summed E-state index contributed by atoms with van der Waals surface area (Å²) in [6.07, 6.45) is 0.737. The minimum Gasteiger partial charge on any atom is -0.386 e. The summed E-state index contributed by atoms with van der Waals surface area (Å²) in [6, 6.07) is 6.58. The molecule has 5 nitrogen and oxygen atoms in total. The smallest absolute Gasteiger partial charge is 0.240 e. The summed E-state index contributed by atoms with van der Waals surface area (Å²) in [5, 5.41) is 10.3. The summed E-state index contributed by atoms with van der Waals surface area (Å²) in [5.74, 6) is 0.495. The number of aryl methyl sites for hydroxylation is 1. The lowest BCUT2D eigenvalue weighted by molar-refractivity contribution is -0.0228. The van der Waals surface area contributed by atoms with Gasteiger partial charge in [-0.05, 0) is 31.0 Å². The molecule has 118 valence electrons. The maximum Gasteiger partial charge on any atom is 0.240 e. The first kappa shape index (κ1) is 16.7. The first-order valence-electron chi connectivity index (χ1n) is 6.86. The normalized spacial score (nSPS) is 26.1. The van der Waals surface area contributed by atoms with E-state index in [2.05, 4.69) is 4.72 Å². The van der Waals surface area contributed by atoms with E-state index in [1.165, 1.54) is 0 Å². The van der Waals surface area contributed by atoms with Gasteiger partial charge in [0.05, 0.1) is 11.0 Å². The van der Waals surface area contributed by atoms with Crippen LogP contribution in [-0.2, 0) is 21.2 Å². The highest BCUT2D eigenvalue weighted by Gasteiger charge is 2.40. The third kappa shape index (κ3) is 3.96. The van der Waals surface area contributed by atoms with E-state index in [4.69, 9.17) is 16.3 Å². The number of hydrogen-bond acceptors (Lipinski definition) is 4. The van der Waals surface area contributed by atoms with Crippen LogP contribution in [0.2, 0.25) is 0 Å². The molecule has 1 aliphatic heterocycles. The molecule has 21 heavy (non-hydrogen) atoms. The molecule has 7 heteroatoms. The van der Waals surface area contributed by atoms with Crippen molar-refractivity contribution in [2.45, 2.75) is 36.4 Å². The summed E-state index contributed by atoms with van der Waals surface area (Å²) in [6.45, 7) is 2.12. The third-order valence-electron chi connectivity index (χ3n) is 3.84. The molecule has 0 aliphatic carbocycles. The predicted octanol–water partition coefficient (Wildman–Crippen LogP) is 1.29. The van der Waals surface area contributed by atoms with Crippen molar-refractivity contribution >= 4 is 21.6 Å². The van der Waals surface area contributed by atoms with Gasteiger partial charge in [0.2, 0.25) is 10.0 Å². The number of nitrogens with one attached hydrogen (secondary N) is 1. The molecule has 0 aromatic heterocycles. The lowest BCUT2D eigenvalue weighted by atomic mass is 9.97. The van der Waals surface area contributed by atoms with Gasteiger partial charge in [0.15, 0.2) is 0 Å². The van der Waals surface area contributed by atoms with Gasteiger partial charge < -0.3 is 9.84 Å². The van der Waals surface area contributed by atoms with Crippen molar-refractivity contribution in [3.8, 4) is 0 Å². The van der Waals surface area contributed by atoms with Crippen molar-refractivity contribution in [1.29, 1.82) is 0 Å². The van der Waals surface area contributed by atoms with E-state index in [1.807, 2.05) is 0 Å². The number of benzene rings is 1. The molecule has 1 aliphatic rings. The van der Waals surface area contributed by atoms with Gasteiger partial charge in [-0.25, -0.2) is 13.1 Å². The van der Waals surface area contributed by atoms with Crippen molar-refractivity contribution in [3.63, 3.8) is 0 Å². The molecule has 2 atom stereocenters. The Labute approximate surface area is 130 Å². The van der Waals surface area contributed by atoms with Gasteiger partial charge in [-0.2, -0.15) is 0 Å². The highest BCUT2D eigenvalue weighted by Crippen LogP contribution is 2.25. The van der Waals surface area contributed by atoms with Crippen molar-refractivity contribution < 1.29 is 18.3 Å². The molecule has 1 heterocycles. The van der Waals surface area contributed by atoms with E-state index in [0.29, 0.717) is 25.3 Å². The zero-order valence-electron chi connectivity index (χ0n) is 11.9. The second-order valence-electron chi connectivity index (χ2n) is 5.27. The molecular formula is C14H20ClNO4S. The van der Waals surface area contributed by atoms with Gasteiger partial charge in [0.25, 0.3) is 0 Å². The van der Waals surface area contributed by atoms with E-state index in [-0.39, 0.29) is 17.5 Å². The minimum atomic E-state index is -3.64. The van der Waals surface area contributed by atoms with Crippen LogP contribution in [0.3, 0.4) is 0 Å². The Morgan fingerprint density at radius 3 is 2.62 bits per heavy atom. The zero-order chi connectivity index (χ0) is 15.5. The summed E-state index contributed by atoms with van der Waals surface area (Å²) in [5.41, 5.74) is -0.161. The van der Waals surface area contributed by atoms with Crippen LogP contribution in [-0.4, -0.2) is 44.3 Å². The Bertz CT molecular complexity index is 575. The summed E-state index contributed by atoms with van der Waals surface area (Å²) >= 11 is 5.65. The van der Waals surface area contributed by atoms with Crippen LogP contribution < -0.4 is 4.72 Å². The van der Waals surface area contributed by atoms with E-state index < -0.39 is 15.6 Å². The average Bonchev–Trinajstić information content (AvgIpc) is 2.78. The van der Waals surface area contributed by atoms with Crippen LogP contribution in [0.5, 0.6) is 0 Å². The number of sulfonamides is 1. The Morgan fingerprint density at radius 1 is 1.43 bits per heavy atom. The summed E-state index contributed by atoms with van der Waals surface area (Å²) in [7, 11) is -3.64. The molecule has 2 rings (SSSR count). The Kier molecular flexibility index (Phi) is 5.27. The van der Waals surface area contributed by atoms with Crippen LogP contribution in [0.15, 0.2) is 29.2 Å². The second kappa shape index (κ2) is 6.62. The number of hydrogen-bond donors (Lipinski definition) is 2. The molecule has 2 unspecified atom stereocenters. The van der Waals surface area contributed by atoms with Gasteiger partial charge in [0.1, 0.15) is 5.60 Å². The summed E-state index contributed by atoms with van der Waals surface area (Å²) < 4.78 is 32.2. The number of halogens is 1. The molecule has 1 fully saturated rings. The molecule has 0 radical (unpaired) electrons. The van der Waals surface area contributed by atoms with Crippen molar-refractivity contribution in [3.05, 3.63) is 29.8 Å². The monoisotopic (exact) mass is 333 g/mol. The molecule has 0 spiro atoms. The minimum absolute atomic E-state index is 0.0556. The Hall–Kier alpha value is -0.660. The molecule has 0 amide bonds. The summed E-state index contributed by atoms with van der Waals surface area (Å²) in [4.78, 5) is 0.177. The third-order valence-corrected chi connectivity index (χ3v) is 5.45. The molecule has 1 aromatic rings. The van der Waals surface area contributed by atoms with E-state index in [9.17, 15) is 13.5 Å². The Morgan fingerprint density at radius 2 is 2.10 bits per heavy atom. The molecular weight excluding hydrogens is 314 g/mol. The maximum atomic E-state index is 12.2. The maximum absolute atomic E-state index is 12.2. The SMILES string of the molecule is CC1OCCC1(O)CNS(=O)(=O)c1ccc(CCCl)cc1. The number of alkyl halides is 1. The molecule has 0 bridgehead atoms. The van der Waals surface area contributed by atoms with Crippen LogP contribution >= 0.6 is 11.6 Å². The van der Waals surface area contributed by atoms with E-state index in [1.54, 1.807) is 31.2 Å². The fourth-order valence-corrected chi connectivity index (χ4v) is 3.57. The van der Waals surface area contributed by atoms with Crippen molar-refractivity contribution in [2.75, 3.05) is 19.0 Å². The van der Waals surface area contributed by atoms with Gasteiger partial charge >= 0.3 is 0 Å². The van der Waals surface area contributed by atoms with Gasteiger partial charge in [-0.1, -0.05) is 12.1 Å². The highest BCUT2D eigenvalue weighted by molar-refractivity contribution is 7.89. The van der Waals surface area contributed by atoms with Crippen LogP contribution in [0.1, 0.15) is 18.9 Å². The van der Waals surface area contributed by atoms with E-state index >= 15 is 0 Å². The average molecular weight is 334 g/mol. The predicted molar refractivity (Wildman–Crippen MR) is 81.0 cm³/mol. The number of aliphatic hydroxyl groups is 1. The highest BCUT2D eigenvalue weighted by atomic mass is 35.5. The molecule has 1 saturated heterocycles. The second-order valence-corrected chi connectivity index (χ2v) is 7.42. The topological polar surface area (TPSA) is 75.6 Å². The first-order chi connectivity index (χ1) is 9.87. The van der Waals surface area contributed by atoms with Gasteiger partial charge in [0, 0.05) is 25.5 Å². The van der Waals surface area contributed by atoms with Crippen molar-refractivity contribution in [1.82, 2.24) is 4.72 Å². The van der Waals surface area contributed by atoms with Crippen LogP contribution in [0.4, 0.5) is 0 Å². The van der Waals surface area contributed by atoms with Gasteiger partial charge in [-0.15, -0.1) is 11.6 Å². The fourth-order valence-electron chi connectivity index (χ4n) is 2.25. The molecule has 2 N–H and O–H groups in total. The van der Waals surface area contributed by atoms with E-state index in [0.717, 1.165) is 5.56 Å². The molecule has 0 saturated carbocycles. The standard InChI is InChI=1S/C14H20ClNO4S/c1-11-14(17,7-9-20-11)10-16-21(18,19)13-4-2-12(3-5-13)6-8-15/h2-5,11,16-17H,6-10H2,1H3. The van der Waals surface area contributed by atoms with Crippen molar-refractivity contribution in [2.24, 2.45) is 0 Å². The van der Waals surface area contributed by atoms with Crippen LogP contribution in [0, 0.1) is 0 Å². The largest absolute Gasteiger partial charge is 0.386 e. The Balaban J connectivity index is 2.04. The lowest BCUT2D eigenvalue weighted by Gasteiger charge is -2.26.